The first-order valence-electron chi connectivity index (χ1n) is 5.24. The molecule has 0 radical (unpaired) electrons. The number of hydrogen-bond donors (Lipinski definition) is 1. The van der Waals surface area contributed by atoms with Crippen molar-refractivity contribution < 1.29 is 4.79 Å². The number of hydrogen-bond acceptors (Lipinski definition) is 2. The number of H-pyrrole nitrogens is 1. The Kier molecular flexibility index (Phi) is 3.49. The summed E-state index contributed by atoms with van der Waals surface area (Å²) in [5.41, 5.74) is 1.82. The summed E-state index contributed by atoms with van der Waals surface area (Å²) < 4.78 is 0.832. The number of halogens is 1. The van der Waals surface area contributed by atoms with Crippen LogP contribution in [0.25, 0.3) is 0 Å². The summed E-state index contributed by atoms with van der Waals surface area (Å²) in [5.74, 6) is -0.134. The van der Waals surface area contributed by atoms with Gasteiger partial charge in [0.2, 0.25) is 0 Å². The number of carbonyl (C=O) groups is 1. The summed E-state index contributed by atoms with van der Waals surface area (Å²) in [6.45, 7) is 0. The Labute approximate surface area is 113 Å². The van der Waals surface area contributed by atoms with Gasteiger partial charge in [-0.05, 0) is 46.3 Å². The van der Waals surface area contributed by atoms with Gasteiger partial charge in [-0.3, -0.25) is 4.79 Å². The Bertz CT molecular complexity index is 610. The van der Waals surface area contributed by atoms with E-state index in [0.29, 0.717) is 11.3 Å². The van der Waals surface area contributed by atoms with Crippen molar-refractivity contribution >= 4 is 27.5 Å². The van der Waals surface area contributed by atoms with Crippen LogP contribution in [0.1, 0.15) is 16.1 Å². The maximum atomic E-state index is 12.1. The molecule has 5 heteroatoms. The third kappa shape index (κ3) is 2.44. The zero-order chi connectivity index (χ0) is 13.1. The van der Waals surface area contributed by atoms with Crippen molar-refractivity contribution in [2.75, 3.05) is 11.9 Å². The van der Waals surface area contributed by atoms with E-state index in [1.165, 1.54) is 4.90 Å². The van der Waals surface area contributed by atoms with Gasteiger partial charge in [0.1, 0.15) is 5.69 Å². The molecule has 0 unspecified atom stereocenters. The summed E-state index contributed by atoms with van der Waals surface area (Å²) in [6, 6.07) is 10.6. The van der Waals surface area contributed by atoms with Crippen molar-refractivity contribution in [1.82, 2.24) is 4.98 Å². The highest BCUT2D eigenvalue weighted by Gasteiger charge is 2.14. The van der Waals surface area contributed by atoms with Gasteiger partial charge in [0, 0.05) is 23.4 Å². The van der Waals surface area contributed by atoms with Crippen LogP contribution >= 0.6 is 15.9 Å². The minimum atomic E-state index is -0.134. The van der Waals surface area contributed by atoms with Gasteiger partial charge in [0.25, 0.3) is 5.91 Å². The first kappa shape index (κ1) is 12.4. The van der Waals surface area contributed by atoms with Crippen molar-refractivity contribution in [3.8, 4) is 6.07 Å². The second kappa shape index (κ2) is 5.07. The van der Waals surface area contributed by atoms with Gasteiger partial charge in [-0.2, -0.15) is 5.26 Å². The summed E-state index contributed by atoms with van der Waals surface area (Å²) >= 11 is 3.29. The summed E-state index contributed by atoms with van der Waals surface area (Å²) in [4.78, 5) is 16.5. The van der Waals surface area contributed by atoms with Crippen molar-refractivity contribution in [2.24, 2.45) is 0 Å². The number of benzene rings is 1. The monoisotopic (exact) mass is 303 g/mol. The molecule has 1 aromatic carbocycles. The molecule has 1 heterocycles. The molecule has 1 N–H and O–H groups in total. The highest BCUT2D eigenvalue weighted by atomic mass is 79.9. The normalized spacial score (nSPS) is 9.83. The number of aromatic amines is 1. The first-order valence-corrected chi connectivity index (χ1v) is 6.03. The molecule has 2 aromatic rings. The topological polar surface area (TPSA) is 59.9 Å². The standard InChI is InChI=1S/C13H10BrN3O/c1-17(11-4-2-9(7-15)3-5-11)13(18)12-6-10(14)8-16-12/h2-6,8,16H,1H3. The highest BCUT2D eigenvalue weighted by molar-refractivity contribution is 9.10. The van der Waals surface area contributed by atoms with Crippen LogP contribution in [-0.4, -0.2) is 17.9 Å². The Hall–Kier alpha value is -2.06. The lowest BCUT2D eigenvalue weighted by Crippen LogP contribution is -2.26. The van der Waals surface area contributed by atoms with E-state index in [9.17, 15) is 4.79 Å². The second-order valence-electron chi connectivity index (χ2n) is 3.75. The molecule has 0 fully saturated rings. The molecule has 0 saturated heterocycles. The number of anilines is 1. The van der Waals surface area contributed by atoms with E-state index < -0.39 is 0 Å². The van der Waals surface area contributed by atoms with Gasteiger partial charge < -0.3 is 9.88 Å². The van der Waals surface area contributed by atoms with Crippen molar-refractivity contribution in [1.29, 1.82) is 5.26 Å². The van der Waals surface area contributed by atoms with Crippen LogP contribution in [0.4, 0.5) is 5.69 Å². The number of nitrogens with one attached hydrogen (secondary N) is 1. The van der Waals surface area contributed by atoms with Gasteiger partial charge >= 0.3 is 0 Å². The van der Waals surface area contributed by atoms with Crippen LogP contribution in [-0.2, 0) is 0 Å². The van der Waals surface area contributed by atoms with E-state index >= 15 is 0 Å². The van der Waals surface area contributed by atoms with Crippen molar-refractivity contribution in [2.45, 2.75) is 0 Å². The molecular weight excluding hydrogens is 294 g/mol. The van der Waals surface area contributed by atoms with Crippen molar-refractivity contribution in [3.05, 3.63) is 52.3 Å². The summed E-state index contributed by atoms with van der Waals surface area (Å²) in [7, 11) is 1.69. The number of carbonyl (C=O) groups excluding carboxylic acids is 1. The Morgan fingerprint density at radius 2 is 2.06 bits per heavy atom. The van der Waals surface area contributed by atoms with Crippen molar-refractivity contribution in [3.63, 3.8) is 0 Å². The number of rotatable bonds is 2. The zero-order valence-electron chi connectivity index (χ0n) is 9.64. The Morgan fingerprint density at radius 1 is 1.39 bits per heavy atom. The predicted molar refractivity (Wildman–Crippen MR) is 72.4 cm³/mol. The lowest BCUT2D eigenvalue weighted by atomic mass is 10.2. The lowest BCUT2D eigenvalue weighted by Gasteiger charge is -2.16. The molecule has 4 nitrogen and oxygen atoms in total. The minimum absolute atomic E-state index is 0.134. The van der Waals surface area contributed by atoms with Crippen LogP contribution in [0, 0.1) is 11.3 Å². The van der Waals surface area contributed by atoms with Crippen LogP contribution in [0.3, 0.4) is 0 Å². The minimum Gasteiger partial charge on any atom is -0.356 e. The number of amides is 1. The molecule has 1 aromatic heterocycles. The maximum absolute atomic E-state index is 12.1. The molecule has 2 rings (SSSR count). The molecule has 0 spiro atoms. The summed E-state index contributed by atoms with van der Waals surface area (Å²) in [5, 5.41) is 8.72. The smallest absolute Gasteiger partial charge is 0.274 e. The Balaban J connectivity index is 2.23. The fourth-order valence-electron chi connectivity index (χ4n) is 1.55. The van der Waals surface area contributed by atoms with Crippen LogP contribution in [0.15, 0.2) is 41.0 Å². The number of nitrogens with zero attached hydrogens (tertiary/aromatic N) is 2. The molecule has 1 amide bonds. The van der Waals surface area contributed by atoms with E-state index in [-0.39, 0.29) is 5.91 Å². The van der Waals surface area contributed by atoms with Gasteiger partial charge in [-0.15, -0.1) is 0 Å². The summed E-state index contributed by atoms with van der Waals surface area (Å²) in [6.07, 6.45) is 1.71. The number of nitriles is 1. The fraction of sp³-hybridized carbons (Fsp3) is 0.0769. The van der Waals surface area contributed by atoms with Gasteiger partial charge in [-0.25, -0.2) is 0 Å². The second-order valence-corrected chi connectivity index (χ2v) is 4.67. The molecule has 0 aliphatic rings. The lowest BCUT2D eigenvalue weighted by molar-refractivity contribution is 0.0989. The Morgan fingerprint density at radius 3 is 2.56 bits per heavy atom. The van der Waals surface area contributed by atoms with Gasteiger partial charge in [-0.1, -0.05) is 0 Å². The largest absolute Gasteiger partial charge is 0.356 e. The third-order valence-electron chi connectivity index (χ3n) is 2.57. The van der Waals surface area contributed by atoms with E-state index in [1.54, 1.807) is 43.6 Å². The third-order valence-corrected chi connectivity index (χ3v) is 3.02. The molecule has 0 saturated carbocycles. The van der Waals surface area contributed by atoms with E-state index in [1.807, 2.05) is 6.07 Å². The van der Waals surface area contributed by atoms with Crippen LogP contribution in [0.2, 0.25) is 0 Å². The number of aromatic nitrogens is 1. The molecule has 0 bridgehead atoms. The van der Waals surface area contributed by atoms with Crippen LogP contribution < -0.4 is 4.90 Å². The quantitative estimate of drug-likeness (QED) is 0.927. The molecule has 0 aliphatic heterocycles. The van der Waals surface area contributed by atoms with E-state index in [0.717, 1.165) is 10.2 Å². The maximum Gasteiger partial charge on any atom is 0.274 e. The predicted octanol–water partition coefficient (Wildman–Crippen LogP) is 2.93. The van der Waals surface area contributed by atoms with E-state index in [4.69, 9.17) is 5.26 Å². The van der Waals surface area contributed by atoms with Gasteiger partial charge in [0.05, 0.1) is 11.6 Å². The fourth-order valence-corrected chi connectivity index (χ4v) is 1.89. The molecule has 18 heavy (non-hydrogen) atoms. The zero-order valence-corrected chi connectivity index (χ0v) is 11.2. The van der Waals surface area contributed by atoms with Gasteiger partial charge in [0.15, 0.2) is 0 Å². The molecule has 90 valence electrons. The highest BCUT2D eigenvalue weighted by Crippen LogP contribution is 2.17. The van der Waals surface area contributed by atoms with Crippen LogP contribution in [0.5, 0.6) is 0 Å². The molecular formula is C13H10BrN3O. The SMILES string of the molecule is CN(C(=O)c1cc(Br)c[nH]1)c1ccc(C#N)cc1. The van der Waals surface area contributed by atoms with E-state index in [2.05, 4.69) is 20.9 Å². The molecule has 0 aliphatic carbocycles. The first-order chi connectivity index (χ1) is 8.61. The molecule has 0 atom stereocenters. The average molecular weight is 304 g/mol. The average Bonchev–Trinajstić information content (AvgIpc) is 2.84.